The second-order valence-corrected chi connectivity index (χ2v) is 8.87. The molecular formula is C23H27N3O2S. The van der Waals surface area contributed by atoms with Crippen LogP contribution in [0.3, 0.4) is 0 Å². The van der Waals surface area contributed by atoms with Crippen molar-refractivity contribution in [2.75, 3.05) is 0 Å². The molecule has 3 rings (SSSR count). The first-order chi connectivity index (χ1) is 13.8. The fourth-order valence-electron chi connectivity index (χ4n) is 3.44. The normalized spacial score (nSPS) is 12.6. The first-order valence-electron chi connectivity index (χ1n) is 9.72. The van der Waals surface area contributed by atoms with Gasteiger partial charge < -0.3 is 9.84 Å². The number of carbonyl (C=O) groups is 1. The number of thioether (sulfide) groups is 1. The van der Waals surface area contributed by atoms with Crippen LogP contribution in [-0.4, -0.2) is 22.1 Å². The number of aryl methyl sites for hydroxylation is 1. The van der Waals surface area contributed by atoms with Gasteiger partial charge in [-0.25, -0.2) is 0 Å². The maximum absolute atomic E-state index is 12.9. The van der Waals surface area contributed by atoms with Crippen LogP contribution in [0.25, 0.3) is 0 Å². The Morgan fingerprint density at radius 1 is 1.14 bits per heavy atom. The van der Waals surface area contributed by atoms with Crippen molar-refractivity contribution in [2.45, 2.75) is 56.2 Å². The van der Waals surface area contributed by atoms with E-state index >= 15 is 0 Å². The third-order valence-electron chi connectivity index (χ3n) is 4.80. The van der Waals surface area contributed by atoms with E-state index in [1.54, 1.807) is 6.92 Å². The highest BCUT2D eigenvalue weighted by atomic mass is 32.2. The minimum absolute atomic E-state index is 0.0297. The fourth-order valence-corrected chi connectivity index (χ4v) is 4.33. The van der Waals surface area contributed by atoms with Gasteiger partial charge in [0.15, 0.2) is 5.82 Å². The Labute approximate surface area is 176 Å². The topological polar surface area (TPSA) is 68.0 Å². The van der Waals surface area contributed by atoms with Gasteiger partial charge in [0.25, 0.3) is 5.91 Å². The molecule has 0 saturated heterocycles. The monoisotopic (exact) mass is 409 g/mol. The number of rotatable bonds is 8. The number of hydrogen-bond donors (Lipinski definition) is 1. The summed E-state index contributed by atoms with van der Waals surface area (Å²) in [6.45, 7) is 8.26. The van der Waals surface area contributed by atoms with Gasteiger partial charge in [-0.05, 0) is 43.4 Å². The van der Waals surface area contributed by atoms with Crippen LogP contribution >= 0.6 is 11.8 Å². The zero-order valence-electron chi connectivity index (χ0n) is 17.3. The molecule has 0 fully saturated rings. The Kier molecular flexibility index (Phi) is 6.75. The second-order valence-electron chi connectivity index (χ2n) is 7.85. The predicted molar refractivity (Wildman–Crippen MR) is 116 cm³/mol. The second kappa shape index (κ2) is 9.27. The van der Waals surface area contributed by atoms with Gasteiger partial charge in [0.05, 0.1) is 11.3 Å². The molecule has 0 bridgehead atoms. The van der Waals surface area contributed by atoms with Gasteiger partial charge in [-0.3, -0.25) is 4.79 Å². The molecule has 1 N–H and O–H groups in total. The molecule has 0 aliphatic heterocycles. The molecule has 1 heterocycles. The lowest BCUT2D eigenvalue weighted by molar-refractivity contribution is 0.0931. The maximum Gasteiger partial charge on any atom is 0.252 e. The van der Waals surface area contributed by atoms with Crippen LogP contribution < -0.4 is 5.32 Å². The Balaban J connectivity index is 1.64. The van der Waals surface area contributed by atoms with Crippen molar-refractivity contribution in [3.05, 3.63) is 77.4 Å². The van der Waals surface area contributed by atoms with E-state index in [4.69, 9.17) is 4.52 Å². The Hall–Kier alpha value is -2.60. The van der Waals surface area contributed by atoms with Crippen molar-refractivity contribution >= 4 is 17.7 Å². The molecule has 6 heteroatoms. The molecule has 0 saturated carbocycles. The van der Waals surface area contributed by atoms with Crippen molar-refractivity contribution in [1.29, 1.82) is 0 Å². The van der Waals surface area contributed by atoms with E-state index in [0.717, 1.165) is 11.3 Å². The summed E-state index contributed by atoms with van der Waals surface area (Å²) in [5.74, 6) is 1.63. The van der Waals surface area contributed by atoms with Gasteiger partial charge in [0.2, 0.25) is 5.89 Å². The molecule has 1 unspecified atom stereocenters. The van der Waals surface area contributed by atoms with Gasteiger partial charge in [-0.15, -0.1) is 11.8 Å². The van der Waals surface area contributed by atoms with E-state index in [-0.39, 0.29) is 17.4 Å². The fraction of sp³-hybridized carbons (Fsp3) is 0.348. The van der Waals surface area contributed by atoms with E-state index in [2.05, 4.69) is 60.5 Å². The molecule has 0 spiro atoms. The predicted octanol–water partition coefficient (Wildman–Crippen LogP) is 5.16. The molecule has 1 aromatic heterocycles. The van der Waals surface area contributed by atoms with Crippen molar-refractivity contribution in [3.8, 4) is 0 Å². The van der Waals surface area contributed by atoms with Crippen LogP contribution in [0.4, 0.5) is 0 Å². The van der Waals surface area contributed by atoms with Gasteiger partial charge in [-0.2, -0.15) is 4.98 Å². The number of carbonyl (C=O) groups excluding carboxylic acids is 1. The number of nitrogens with one attached hydrogen (secondary N) is 1. The first kappa shape index (κ1) is 21.1. The molecule has 0 aliphatic rings. The van der Waals surface area contributed by atoms with Gasteiger partial charge >= 0.3 is 0 Å². The highest BCUT2D eigenvalue weighted by Gasteiger charge is 2.24. The summed E-state index contributed by atoms with van der Waals surface area (Å²) in [7, 11) is 0. The standard InChI is InChI=1S/C23H27N3O2S/c1-16(14-23(3,4)18-10-6-5-7-11-18)24-22(27)19-12-8-9-13-20(19)29-15-21-25-17(2)26-28-21/h5-13,16H,14-15H2,1-4H3,(H,24,27). The molecule has 0 radical (unpaired) electrons. The Morgan fingerprint density at radius 3 is 2.52 bits per heavy atom. The van der Waals surface area contributed by atoms with Crippen molar-refractivity contribution in [2.24, 2.45) is 0 Å². The van der Waals surface area contributed by atoms with Crippen molar-refractivity contribution in [1.82, 2.24) is 15.5 Å². The van der Waals surface area contributed by atoms with E-state index in [9.17, 15) is 4.79 Å². The first-order valence-corrected chi connectivity index (χ1v) is 10.7. The van der Waals surface area contributed by atoms with Gasteiger partial charge in [0, 0.05) is 10.9 Å². The average Bonchev–Trinajstić information content (AvgIpc) is 3.12. The lowest BCUT2D eigenvalue weighted by Gasteiger charge is -2.29. The minimum Gasteiger partial charge on any atom is -0.350 e. The smallest absolute Gasteiger partial charge is 0.252 e. The molecule has 152 valence electrons. The molecule has 1 atom stereocenters. The zero-order chi connectivity index (χ0) is 20.9. The van der Waals surface area contributed by atoms with E-state index < -0.39 is 0 Å². The summed E-state index contributed by atoms with van der Waals surface area (Å²) in [4.78, 5) is 18.1. The Bertz CT molecular complexity index is 954. The van der Waals surface area contributed by atoms with Gasteiger partial charge in [0.1, 0.15) is 0 Å². The molecule has 5 nitrogen and oxygen atoms in total. The number of aromatic nitrogens is 2. The third-order valence-corrected chi connectivity index (χ3v) is 5.86. The summed E-state index contributed by atoms with van der Waals surface area (Å²) >= 11 is 1.52. The van der Waals surface area contributed by atoms with Gasteiger partial charge in [-0.1, -0.05) is 61.5 Å². The molecule has 3 aromatic rings. The van der Waals surface area contributed by atoms with E-state index in [1.165, 1.54) is 17.3 Å². The van der Waals surface area contributed by atoms with Crippen LogP contribution in [0.1, 0.15) is 54.8 Å². The lowest BCUT2D eigenvalue weighted by Crippen LogP contribution is -2.37. The highest BCUT2D eigenvalue weighted by molar-refractivity contribution is 7.98. The van der Waals surface area contributed by atoms with Crippen molar-refractivity contribution in [3.63, 3.8) is 0 Å². The number of hydrogen-bond acceptors (Lipinski definition) is 5. The van der Waals surface area contributed by atoms with Crippen LogP contribution in [0.15, 0.2) is 64.0 Å². The quantitative estimate of drug-likeness (QED) is 0.521. The average molecular weight is 410 g/mol. The van der Waals surface area contributed by atoms with Crippen LogP contribution in [-0.2, 0) is 11.2 Å². The lowest BCUT2D eigenvalue weighted by atomic mass is 9.79. The number of benzene rings is 2. The molecule has 0 aliphatic carbocycles. The van der Waals surface area contributed by atoms with Crippen LogP contribution in [0.5, 0.6) is 0 Å². The molecule has 2 aromatic carbocycles. The van der Waals surface area contributed by atoms with Crippen LogP contribution in [0, 0.1) is 6.92 Å². The Morgan fingerprint density at radius 2 is 1.83 bits per heavy atom. The molecule has 1 amide bonds. The van der Waals surface area contributed by atoms with Crippen molar-refractivity contribution < 1.29 is 9.32 Å². The SMILES string of the molecule is Cc1noc(CSc2ccccc2C(=O)NC(C)CC(C)(C)c2ccccc2)n1. The third kappa shape index (κ3) is 5.70. The summed E-state index contributed by atoms with van der Waals surface area (Å²) in [5, 5.41) is 6.97. The van der Waals surface area contributed by atoms with Crippen LogP contribution in [0.2, 0.25) is 0 Å². The minimum atomic E-state index is -0.0637. The largest absolute Gasteiger partial charge is 0.350 e. The number of nitrogens with zero attached hydrogens (tertiary/aromatic N) is 2. The maximum atomic E-state index is 12.9. The summed E-state index contributed by atoms with van der Waals surface area (Å²) in [5.41, 5.74) is 1.91. The summed E-state index contributed by atoms with van der Waals surface area (Å²) in [6, 6.07) is 18.1. The highest BCUT2D eigenvalue weighted by Crippen LogP contribution is 2.29. The summed E-state index contributed by atoms with van der Waals surface area (Å²) < 4.78 is 5.17. The van der Waals surface area contributed by atoms with E-state index in [0.29, 0.717) is 23.0 Å². The zero-order valence-corrected chi connectivity index (χ0v) is 18.1. The molecule has 29 heavy (non-hydrogen) atoms. The molecular weight excluding hydrogens is 382 g/mol. The number of amides is 1. The summed E-state index contributed by atoms with van der Waals surface area (Å²) in [6.07, 6.45) is 0.847. The van der Waals surface area contributed by atoms with E-state index in [1.807, 2.05) is 30.3 Å².